The topological polar surface area (TPSA) is 29.5 Å². The molecule has 0 radical (unpaired) electrons. The first-order chi connectivity index (χ1) is 10.1. The normalized spacial score (nSPS) is 26.4. The van der Waals surface area contributed by atoms with Crippen LogP contribution < -0.4 is 0 Å². The molecule has 0 aliphatic carbocycles. The molecule has 0 saturated carbocycles. The fraction of sp³-hybridized carbons (Fsp3) is 0.588. The zero-order valence-electron chi connectivity index (χ0n) is 12.5. The van der Waals surface area contributed by atoms with E-state index in [1.54, 1.807) is 6.07 Å². The van der Waals surface area contributed by atoms with Gasteiger partial charge in [-0.3, -0.25) is 4.79 Å². The average Bonchev–Trinajstić information content (AvgIpc) is 2.87. The molecule has 1 atom stereocenters. The monoisotopic (exact) mass is 291 g/mol. The highest BCUT2D eigenvalue weighted by Gasteiger charge is 2.38. The van der Waals surface area contributed by atoms with Gasteiger partial charge in [0.1, 0.15) is 5.82 Å². The minimum absolute atomic E-state index is 0.0820. The lowest BCUT2D eigenvalue weighted by Gasteiger charge is -2.27. The minimum Gasteiger partial charge on any atom is -0.375 e. The van der Waals surface area contributed by atoms with Crippen LogP contribution in [0.4, 0.5) is 4.39 Å². The number of carbonyl (C=O) groups excluding carboxylic acids is 1. The Kier molecular flexibility index (Phi) is 3.98. The van der Waals surface area contributed by atoms with Gasteiger partial charge in [0, 0.05) is 26.1 Å². The molecule has 3 nitrogen and oxygen atoms in total. The van der Waals surface area contributed by atoms with Crippen molar-refractivity contribution in [3.8, 4) is 0 Å². The smallest absolute Gasteiger partial charge is 0.222 e. The summed E-state index contributed by atoms with van der Waals surface area (Å²) in [6.45, 7) is 3.98. The van der Waals surface area contributed by atoms with E-state index in [1.165, 1.54) is 12.1 Å². The molecule has 2 aliphatic heterocycles. The maximum absolute atomic E-state index is 13.4. The summed E-state index contributed by atoms with van der Waals surface area (Å²) in [6.07, 6.45) is 4.41. The number of hydrogen-bond acceptors (Lipinski definition) is 2. The highest BCUT2D eigenvalue weighted by atomic mass is 19.1. The molecule has 2 aliphatic rings. The van der Waals surface area contributed by atoms with Crippen LogP contribution >= 0.6 is 0 Å². The molecule has 1 amide bonds. The quantitative estimate of drug-likeness (QED) is 0.837. The first-order valence-electron chi connectivity index (χ1n) is 7.75. The Morgan fingerprint density at radius 2 is 2.19 bits per heavy atom. The predicted octanol–water partition coefficient (Wildman–Crippen LogP) is 3.20. The molecule has 114 valence electrons. The maximum Gasteiger partial charge on any atom is 0.222 e. The van der Waals surface area contributed by atoms with Crippen LogP contribution in [0, 0.1) is 12.7 Å². The van der Waals surface area contributed by atoms with E-state index in [1.807, 2.05) is 11.8 Å². The molecule has 3 rings (SSSR count). The molecule has 2 fully saturated rings. The van der Waals surface area contributed by atoms with Gasteiger partial charge in [-0.25, -0.2) is 4.39 Å². The van der Waals surface area contributed by atoms with E-state index in [9.17, 15) is 9.18 Å². The second-order valence-corrected chi connectivity index (χ2v) is 6.27. The Bertz CT molecular complexity index is 538. The van der Waals surface area contributed by atoms with Crippen molar-refractivity contribution in [2.45, 2.75) is 51.2 Å². The van der Waals surface area contributed by atoms with Crippen LogP contribution in [-0.2, 0) is 16.1 Å². The molecule has 1 aromatic rings. The van der Waals surface area contributed by atoms with Crippen molar-refractivity contribution in [3.63, 3.8) is 0 Å². The van der Waals surface area contributed by atoms with Gasteiger partial charge in [0.05, 0.1) is 5.60 Å². The van der Waals surface area contributed by atoms with Gasteiger partial charge >= 0.3 is 0 Å². The van der Waals surface area contributed by atoms with Gasteiger partial charge in [0.15, 0.2) is 0 Å². The third-order valence-electron chi connectivity index (χ3n) is 4.84. The summed E-state index contributed by atoms with van der Waals surface area (Å²) in [7, 11) is 0. The van der Waals surface area contributed by atoms with Gasteiger partial charge < -0.3 is 9.64 Å². The number of benzene rings is 1. The molecule has 2 heterocycles. The molecule has 21 heavy (non-hydrogen) atoms. The second kappa shape index (κ2) is 5.76. The van der Waals surface area contributed by atoms with Crippen molar-refractivity contribution in [1.29, 1.82) is 0 Å². The van der Waals surface area contributed by atoms with Crippen LogP contribution in [0.25, 0.3) is 0 Å². The molecular weight excluding hydrogens is 269 g/mol. The second-order valence-electron chi connectivity index (χ2n) is 6.27. The van der Waals surface area contributed by atoms with Crippen LogP contribution in [0.3, 0.4) is 0 Å². The van der Waals surface area contributed by atoms with Crippen molar-refractivity contribution in [2.24, 2.45) is 0 Å². The van der Waals surface area contributed by atoms with Crippen LogP contribution in [0.2, 0.25) is 0 Å². The number of ether oxygens (including phenoxy) is 1. The molecular formula is C17H22FNO2. The van der Waals surface area contributed by atoms with Crippen LogP contribution in [-0.4, -0.2) is 29.6 Å². The number of halogens is 1. The third-order valence-corrected chi connectivity index (χ3v) is 4.84. The fourth-order valence-electron chi connectivity index (χ4n) is 3.41. The summed E-state index contributed by atoms with van der Waals surface area (Å²) in [4.78, 5) is 14.2. The van der Waals surface area contributed by atoms with Crippen molar-refractivity contribution < 1.29 is 13.9 Å². The molecule has 4 heteroatoms. The predicted molar refractivity (Wildman–Crippen MR) is 78.3 cm³/mol. The number of amides is 1. The summed E-state index contributed by atoms with van der Waals surface area (Å²) in [5.74, 6) is -0.0838. The zero-order valence-corrected chi connectivity index (χ0v) is 12.5. The standard InChI is InChI=1S/C17H22FNO2/c1-13-3-4-15(18)11-14(13)12-19-9-8-17(6-2-10-21-17)7-5-16(19)20/h3-4,11H,2,5-10,12H2,1H3/t17-/m0/s1. The lowest BCUT2D eigenvalue weighted by molar-refractivity contribution is -0.131. The zero-order chi connectivity index (χ0) is 14.9. The van der Waals surface area contributed by atoms with Crippen molar-refractivity contribution in [3.05, 3.63) is 35.1 Å². The Morgan fingerprint density at radius 3 is 2.95 bits per heavy atom. The van der Waals surface area contributed by atoms with Crippen molar-refractivity contribution in [1.82, 2.24) is 4.90 Å². The molecule has 1 aromatic carbocycles. The fourth-order valence-corrected chi connectivity index (χ4v) is 3.41. The van der Waals surface area contributed by atoms with Gasteiger partial charge in [-0.15, -0.1) is 0 Å². The number of nitrogens with zero attached hydrogens (tertiary/aromatic N) is 1. The Labute approximate surface area is 125 Å². The highest BCUT2D eigenvalue weighted by molar-refractivity contribution is 5.76. The van der Waals surface area contributed by atoms with Crippen LogP contribution in [0.1, 0.15) is 43.2 Å². The van der Waals surface area contributed by atoms with E-state index in [-0.39, 0.29) is 17.3 Å². The molecule has 0 aromatic heterocycles. The first kappa shape index (κ1) is 14.5. The minimum atomic E-state index is -0.242. The number of aryl methyl sites for hydroxylation is 1. The van der Waals surface area contributed by atoms with E-state index >= 15 is 0 Å². The molecule has 2 saturated heterocycles. The summed E-state index contributed by atoms with van der Waals surface area (Å²) in [5, 5.41) is 0. The number of carbonyl (C=O) groups is 1. The van der Waals surface area contributed by atoms with Gasteiger partial charge in [-0.05, 0) is 55.9 Å². The molecule has 0 unspecified atom stereocenters. The molecule has 1 spiro atoms. The first-order valence-corrected chi connectivity index (χ1v) is 7.75. The van der Waals surface area contributed by atoms with E-state index in [0.29, 0.717) is 19.5 Å². The summed E-state index contributed by atoms with van der Waals surface area (Å²) < 4.78 is 19.3. The average molecular weight is 291 g/mol. The number of rotatable bonds is 2. The van der Waals surface area contributed by atoms with Gasteiger partial charge in [0.25, 0.3) is 0 Å². The molecule has 0 N–H and O–H groups in total. The lowest BCUT2D eigenvalue weighted by atomic mass is 9.92. The van der Waals surface area contributed by atoms with E-state index in [0.717, 1.165) is 43.4 Å². The van der Waals surface area contributed by atoms with E-state index in [2.05, 4.69) is 0 Å². The molecule has 0 bridgehead atoms. The highest BCUT2D eigenvalue weighted by Crippen LogP contribution is 2.36. The Morgan fingerprint density at radius 1 is 1.33 bits per heavy atom. The van der Waals surface area contributed by atoms with Crippen LogP contribution in [0.5, 0.6) is 0 Å². The van der Waals surface area contributed by atoms with Crippen LogP contribution in [0.15, 0.2) is 18.2 Å². The largest absolute Gasteiger partial charge is 0.375 e. The maximum atomic E-state index is 13.4. The SMILES string of the molecule is Cc1ccc(F)cc1CN1CC[C@]2(CCCO2)CCC1=O. The third kappa shape index (κ3) is 3.10. The summed E-state index contributed by atoms with van der Waals surface area (Å²) >= 11 is 0. The summed E-state index contributed by atoms with van der Waals surface area (Å²) in [5.41, 5.74) is 1.84. The van der Waals surface area contributed by atoms with E-state index < -0.39 is 0 Å². The lowest BCUT2D eigenvalue weighted by Crippen LogP contribution is -2.32. The van der Waals surface area contributed by atoms with Gasteiger partial charge in [0.2, 0.25) is 5.91 Å². The number of hydrogen-bond donors (Lipinski definition) is 0. The van der Waals surface area contributed by atoms with E-state index in [4.69, 9.17) is 4.74 Å². The van der Waals surface area contributed by atoms with Crippen molar-refractivity contribution in [2.75, 3.05) is 13.2 Å². The summed E-state index contributed by atoms with van der Waals surface area (Å²) in [6, 6.07) is 4.77. The Hall–Kier alpha value is -1.42. The van der Waals surface area contributed by atoms with Gasteiger partial charge in [-0.1, -0.05) is 6.07 Å². The number of likely N-dealkylation sites (tertiary alicyclic amines) is 1. The van der Waals surface area contributed by atoms with Crippen molar-refractivity contribution >= 4 is 5.91 Å². The Balaban J connectivity index is 1.73. The van der Waals surface area contributed by atoms with Gasteiger partial charge in [-0.2, -0.15) is 0 Å².